The third-order valence-corrected chi connectivity index (χ3v) is 2.72. The van der Waals surface area contributed by atoms with Gasteiger partial charge < -0.3 is 5.32 Å². The van der Waals surface area contributed by atoms with Crippen molar-refractivity contribution in [2.45, 2.75) is 38.9 Å². The molecule has 0 aromatic heterocycles. The van der Waals surface area contributed by atoms with Crippen LogP contribution in [0, 0.1) is 0 Å². The van der Waals surface area contributed by atoms with Crippen molar-refractivity contribution in [1.29, 1.82) is 0 Å². The summed E-state index contributed by atoms with van der Waals surface area (Å²) in [7, 11) is 0. The largest absolute Gasteiger partial charge is 0.416 e. The number of hydrogen-bond donors (Lipinski definition) is 1. The van der Waals surface area contributed by atoms with E-state index in [1.807, 2.05) is 6.92 Å². The lowest BCUT2D eigenvalue weighted by Crippen LogP contribution is -2.19. The molecular weight excluding hydrogens is 227 g/mol. The van der Waals surface area contributed by atoms with Crippen LogP contribution < -0.4 is 5.32 Å². The van der Waals surface area contributed by atoms with E-state index in [0.717, 1.165) is 37.1 Å². The highest BCUT2D eigenvalue weighted by Crippen LogP contribution is 2.29. The molecule has 0 aliphatic heterocycles. The lowest BCUT2D eigenvalue weighted by atomic mass is 10.1. The Morgan fingerprint density at radius 3 is 2.24 bits per heavy atom. The Bertz CT molecular complexity index is 330. The SMILES string of the molecule is CCCCNC(C)c1ccc(C(F)(F)F)cc1. The van der Waals surface area contributed by atoms with Crippen LogP contribution in [0.25, 0.3) is 0 Å². The molecule has 0 spiro atoms. The Balaban J connectivity index is 2.61. The highest BCUT2D eigenvalue weighted by molar-refractivity contribution is 5.26. The minimum absolute atomic E-state index is 0.0869. The second kappa shape index (κ2) is 6.05. The van der Waals surface area contributed by atoms with Crippen molar-refractivity contribution >= 4 is 0 Å². The Kier molecular flexibility index (Phi) is 5.00. The smallest absolute Gasteiger partial charge is 0.310 e. The zero-order valence-corrected chi connectivity index (χ0v) is 10.1. The molecule has 0 radical (unpaired) electrons. The molecule has 0 heterocycles. The van der Waals surface area contributed by atoms with E-state index >= 15 is 0 Å². The first-order chi connectivity index (χ1) is 7.95. The number of halogens is 3. The van der Waals surface area contributed by atoms with Gasteiger partial charge in [-0.3, -0.25) is 0 Å². The van der Waals surface area contributed by atoms with Crippen LogP contribution in [0.2, 0.25) is 0 Å². The van der Waals surface area contributed by atoms with Gasteiger partial charge >= 0.3 is 6.18 Å². The van der Waals surface area contributed by atoms with E-state index in [2.05, 4.69) is 12.2 Å². The summed E-state index contributed by atoms with van der Waals surface area (Å²) in [4.78, 5) is 0. The maximum Gasteiger partial charge on any atom is 0.416 e. The minimum Gasteiger partial charge on any atom is -0.310 e. The van der Waals surface area contributed by atoms with E-state index < -0.39 is 11.7 Å². The number of nitrogens with one attached hydrogen (secondary N) is 1. The van der Waals surface area contributed by atoms with Crippen LogP contribution >= 0.6 is 0 Å². The molecule has 17 heavy (non-hydrogen) atoms. The van der Waals surface area contributed by atoms with Crippen molar-refractivity contribution in [1.82, 2.24) is 5.32 Å². The summed E-state index contributed by atoms with van der Waals surface area (Å²) in [6, 6.07) is 5.42. The number of benzene rings is 1. The second-order valence-corrected chi connectivity index (χ2v) is 4.15. The van der Waals surface area contributed by atoms with E-state index in [1.165, 1.54) is 12.1 Å². The molecule has 1 rings (SSSR count). The summed E-state index contributed by atoms with van der Waals surface area (Å²) in [6.07, 6.45) is -2.07. The zero-order chi connectivity index (χ0) is 12.9. The van der Waals surface area contributed by atoms with Gasteiger partial charge in [-0.25, -0.2) is 0 Å². The van der Waals surface area contributed by atoms with Gasteiger partial charge in [0.25, 0.3) is 0 Å². The molecule has 1 N–H and O–H groups in total. The Labute approximate surface area is 100 Å². The van der Waals surface area contributed by atoms with Gasteiger partial charge in [0.05, 0.1) is 5.56 Å². The van der Waals surface area contributed by atoms with Gasteiger partial charge in [-0.2, -0.15) is 13.2 Å². The lowest BCUT2D eigenvalue weighted by molar-refractivity contribution is -0.137. The van der Waals surface area contributed by atoms with Gasteiger partial charge in [-0.05, 0) is 37.6 Å². The number of unbranched alkanes of at least 4 members (excludes halogenated alkanes) is 1. The van der Waals surface area contributed by atoms with Crippen molar-refractivity contribution < 1.29 is 13.2 Å². The van der Waals surface area contributed by atoms with E-state index in [1.54, 1.807) is 0 Å². The molecule has 1 aromatic rings. The van der Waals surface area contributed by atoms with Crippen molar-refractivity contribution in [2.75, 3.05) is 6.54 Å². The van der Waals surface area contributed by atoms with Crippen molar-refractivity contribution in [3.05, 3.63) is 35.4 Å². The molecule has 0 bridgehead atoms. The molecule has 1 unspecified atom stereocenters. The summed E-state index contributed by atoms with van der Waals surface area (Å²) >= 11 is 0. The highest BCUT2D eigenvalue weighted by atomic mass is 19.4. The Hall–Kier alpha value is -1.03. The van der Waals surface area contributed by atoms with Crippen LogP contribution in [-0.2, 0) is 6.18 Å². The summed E-state index contributed by atoms with van der Waals surface area (Å²) in [6.45, 7) is 4.95. The second-order valence-electron chi connectivity index (χ2n) is 4.15. The van der Waals surface area contributed by atoms with Crippen LogP contribution in [0.15, 0.2) is 24.3 Å². The van der Waals surface area contributed by atoms with E-state index in [-0.39, 0.29) is 6.04 Å². The topological polar surface area (TPSA) is 12.0 Å². The van der Waals surface area contributed by atoms with E-state index in [9.17, 15) is 13.2 Å². The van der Waals surface area contributed by atoms with Crippen molar-refractivity contribution in [3.8, 4) is 0 Å². The minimum atomic E-state index is -4.25. The molecule has 0 saturated carbocycles. The van der Waals surface area contributed by atoms with Crippen LogP contribution in [-0.4, -0.2) is 6.54 Å². The fraction of sp³-hybridized carbons (Fsp3) is 0.538. The monoisotopic (exact) mass is 245 g/mol. The molecule has 96 valence electrons. The molecule has 4 heteroatoms. The molecule has 0 fully saturated rings. The van der Waals surface area contributed by atoms with Crippen LogP contribution in [0.3, 0.4) is 0 Å². The van der Waals surface area contributed by atoms with Gasteiger partial charge in [0.1, 0.15) is 0 Å². The average molecular weight is 245 g/mol. The Morgan fingerprint density at radius 1 is 1.18 bits per heavy atom. The van der Waals surface area contributed by atoms with Gasteiger partial charge in [-0.1, -0.05) is 25.5 Å². The lowest BCUT2D eigenvalue weighted by Gasteiger charge is -2.15. The predicted molar refractivity (Wildman–Crippen MR) is 62.8 cm³/mol. The first-order valence-electron chi connectivity index (χ1n) is 5.85. The summed E-state index contributed by atoms with van der Waals surface area (Å²) in [5.41, 5.74) is 0.288. The standard InChI is InChI=1S/C13H18F3N/c1-3-4-9-17-10(2)11-5-7-12(8-6-11)13(14,15)16/h5-8,10,17H,3-4,9H2,1-2H3. The number of alkyl halides is 3. The maximum atomic E-state index is 12.4. The maximum absolute atomic E-state index is 12.4. The van der Waals surface area contributed by atoms with Crippen molar-refractivity contribution in [3.63, 3.8) is 0 Å². The quantitative estimate of drug-likeness (QED) is 0.768. The molecule has 1 aromatic carbocycles. The molecule has 1 atom stereocenters. The van der Waals surface area contributed by atoms with Crippen molar-refractivity contribution in [2.24, 2.45) is 0 Å². The summed E-state index contributed by atoms with van der Waals surface area (Å²) in [5, 5.41) is 3.28. The normalized spacial score (nSPS) is 13.7. The van der Waals surface area contributed by atoms with Gasteiger partial charge in [-0.15, -0.1) is 0 Å². The Morgan fingerprint density at radius 2 is 1.76 bits per heavy atom. The molecule has 0 aliphatic carbocycles. The summed E-state index contributed by atoms with van der Waals surface area (Å²) < 4.78 is 37.1. The molecule has 1 nitrogen and oxygen atoms in total. The first kappa shape index (κ1) is 14.0. The third kappa shape index (κ3) is 4.38. The van der Waals surface area contributed by atoms with Gasteiger partial charge in [0, 0.05) is 6.04 Å². The third-order valence-electron chi connectivity index (χ3n) is 2.72. The molecule has 0 saturated heterocycles. The average Bonchev–Trinajstić information content (AvgIpc) is 2.28. The number of hydrogen-bond acceptors (Lipinski definition) is 1. The van der Waals surface area contributed by atoms with Crippen LogP contribution in [0.4, 0.5) is 13.2 Å². The number of rotatable bonds is 5. The van der Waals surface area contributed by atoms with Crippen LogP contribution in [0.1, 0.15) is 43.9 Å². The van der Waals surface area contributed by atoms with E-state index in [0.29, 0.717) is 0 Å². The fourth-order valence-electron chi connectivity index (χ4n) is 1.57. The molecule has 0 aliphatic rings. The highest BCUT2D eigenvalue weighted by Gasteiger charge is 2.30. The zero-order valence-electron chi connectivity index (χ0n) is 10.1. The molecular formula is C13H18F3N. The summed E-state index contributed by atoms with van der Waals surface area (Å²) in [5.74, 6) is 0. The first-order valence-corrected chi connectivity index (χ1v) is 5.85. The van der Waals surface area contributed by atoms with Crippen LogP contribution in [0.5, 0.6) is 0 Å². The molecule has 0 amide bonds. The fourth-order valence-corrected chi connectivity index (χ4v) is 1.57. The van der Waals surface area contributed by atoms with E-state index in [4.69, 9.17) is 0 Å². The van der Waals surface area contributed by atoms with Gasteiger partial charge in [0.2, 0.25) is 0 Å². The van der Waals surface area contributed by atoms with Gasteiger partial charge in [0.15, 0.2) is 0 Å². The predicted octanol–water partition coefficient (Wildman–Crippen LogP) is 4.16.